The first-order valence-corrected chi connectivity index (χ1v) is 8.93. The van der Waals surface area contributed by atoms with Crippen LogP contribution in [0.5, 0.6) is 0 Å². The minimum atomic E-state index is -3.67. The van der Waals surface area contributed by atoms with Crippen molar-refractivity contribution in [2.45, 2.75) is 11.8 Å². The topological polar surface area (TPSA) is 133 Å². The molecule has 0 aliphatic carbocycles. The quantitative estimate of drug-likeness (QED) is 0.645. The zero-order valence-corrected chi connectivity index (χ0v) is 13.5. The number of carbonyl (C=O) groups is 3. The van der Waals surface area contributed by atoms with E-state index in [0.29, 0.717) is 0 Å². The summed E-state index contributed by atoms with van der Waals surface area (Å²) in [4.78, 5) is 34.4. The highest BCUT2D eigenvalue weighted by atomic mass is 32.2. The van der Waals surface area contributed by atoms with Crippen LogP contribution in [0.2, 0.25) is 0 Å². The van der Waals surface area contributed by atoms with E-state index in [-0.39, 0.29) is 30.1 Å². The molecule has 24 heavy (non-hydrogen) atoms. The molecule has 1 aliphatic heterocycles. The van der Waals surface area contributed by atoms with Crippen molar-refractivity contribution in [1.82, 2.24) is 5.32 Å². The number of ketones is 1. The van der Waals surface area contributed by atoms with E-state index in [1.807, 2.05) is 0 Å². The molecule has 0 bridgehead atoms. The summed E-state index contributed by atoms with van der Waals surface area (Å²) in [5, 5.41) is 2.39. The summed E-state index contributed by atoms with van der Waals surface area (Å²) < 4.78 is 29.1. The van der Waals surface area contributed by atoms with Crippen LogP contribution in [0.25, 0.3) is 0 Å². The molecule has 2 rings (SSSR count). The van der Waals surface area contributed by atoms with Gasteiger partial charge in [0.15, 0.2) is 15.6 Å². The zero-order chi connectivity index (χ0) is 17.7. The lowest BCUT2D eigenvalue weighted by Crippen LogP contribution is -2.41. The lowest BCUT2D eigenvalue weighted by atomic mass is 10.1. The van der Waals surface area contributed by atoms with Gasteiger partial charge in [-0.3, -0.25) is 14.4 Å². The van der Waals surface area contributed by atoms with Crippen LogP contribution in [0.15, 0.2) is 24.3 Å². The number of benzene rings is 1. The van der Waals surface area contributed by atoms with Crippen LogP contribution >= 0.6 is 0 Å². The molecule has 1 unspecified atom stereocenters. The van der Waals surface area contributed by atoms with Crippen molar-refractivity contribution in [3.05, 3.63) is 41.8 Å². The Bertz CT molecular complexity index is 759. The lowest BCUT2D eigenvalue weighted by molar-refractivity contribution is -0.124. The van der Waals surface area contributed by atoms with Crippen molar-refractivity contribution < 1.29 is 27.5 Å². The van der Waals surface area contributed by atoms with Gasteiger partial charge in [0.05, 0.1) is 24.5 Å². The molecule has 0 aromatic heterocycles. The van der Waals surface area contributed by atoms with Gasteiger partial charge in [-0.2, -0.15) is 0 Å². The predicted molar refractivity (Wildman–Crippen MR) is 84.5 cm³/mol. The maximum atomic E-state index is 12.1. The lowest BCUT2D eigenvalue weighted by Gasteiger charge is -2.10. The average Bonchev–Trinajstić information content (AvgIpc) is 2.90. The molecule has 1 aromatic carbocycles. The molecule has 129 valence electrons. The number of primary amides is 1. The summed E-state index contributed by atoms with van der Waals surface area (Å²) >= 11 is 0. The van der Waals surface area contributed by atoms with E-state index < -0.39 is 39.2 Å². The molecule has 8 nitrogen and oxygen atoms in total. The number of carbonyl (C=O) groups excluding carboxylic acids is 3. The molecule has 3 N–H and O–H groups in total. The molecule has 9 heteroatoms. The Hall–Kier alpha value is -2.26. The number of sulfone groups is 1. The first-order chi connectivity index (χ1) is 11.3. The number of amides is 2. The number of hydrogen-bond donors (Lipinski definition) is 2. The Morgan fingerprint density at radius 2 is 2.04 bits per heavy atom. The molecule has 1 radical (unpaired) electrons. The van der Waals surface area contributed by atoms with E-state index in [1.54, 1.807) is 12.1 Å². The fourth-order valence-corrected chi connectivity index (χ4v) is 3.46. The maximum absolute atomic E-state index is 12.1. The van der Waals surface area contributed by atoms with Gasteiger partial charge in [-0.25, -0.2) is 8.42 Å². The molecule has 1 saturated heterocycles. The summed E-state index contributed by atoms with van der Waals surface area (Å²) in [6.45, 7) is 0.0182. The molecule has 1 aliphatic rings. The summed E-state index contributed by atoms with van der Waals surface area (Å²) in [5.41, 5.74) is 5.61. The van der Waals surface area contributed by atoms with Gasteiger partial charge in [-0.05, 0) is 11.6 Å². The Morgan fingerprint density at radius 3 is 2.67 bits per heavy atom. The third-order valence-electron chi connectivity index (χ3n) is 3.41. The third-order valence-corrected chi connectivity index (χ3v) is 4.84. The summed E-state index contributed by atoms with van der Waals surface area (Å²) in [6, 6.07) is 5.37. The molecule has 1 fully saturated rings. The van der Waals surface area contributed by atoms with Gasteiger partial charge in [0.25, 0.3) is 0 Å². The number of Topliss-reactive ketones (excluding diaryl/α,β-unsaturated/α-hetero) is 1. The molecular formula is C15H17N2O6S. The van der Waals surface area contributed by atoms with Crippen molar-refractivity contribution >= 4 is 27.4 Å². The monoisotopic (exact) mass is 353 g/mol. The van der Waals surface area contributed by atoms with Crippen LogP contribution in [0.1, 0.15) is 15.9 Å². The Labute approximate surface area is 139 Å². The van der Waals surface area contributed by atoms with Crippen LogP contribution in [0.4, 0.5) is 0 Å². The van der Waals surface area contributed by atoms with E-state index in [9.17, 15) is 22.8 Å². The van der Waals surface area contributed by atoms with Gasteiger partial charge in [-0.1, -0.05) is 18.2 Å². The Kier molecular flexibility index (Phi) is 5.68. The smallest absolute Gasteiger partial charge is 0.249 e. The molecule has 1 heterocycles. The standard InChI is InChI=1S/C15H17N2O6S/c16-15(20)11-4-2-1-3-10(11)9-24(21,22)6-5-14(19)17-12-7-23-8-13(12)18/h1-5,12H,6-9H2,(H2,16,20)(H,17,19). The second-order valence-corrected chi connectivity index (χ2v) is 7.43. The van der Waals surface area contributed by atoms with Crippen LogP contribution in [-0.4, -0.2) is 51.0 Å². The van der Waals surface area contributed by atoms with Gasteiger partial charge in [0.2, 0.25) is 11.8 Å². The van der Waals surface area contributed by atoms with Gasteiger partial charge in [0.1, 0.15) is 12.6 Å². The zero-order valence-electron chi connectivity index (χ0n) is 12.7. The number of ether oxygens (including phenoxy) is 1. The minimum Gasteiger partial charge on any atom is -0.371 e. The number of nitrogens with one attached hydrogen (secondary N) is 1. The predicted octanol–water partition coefficient (Wildman–Crippen LogP) is -1.01. The molecule has 0 spiro atoms. The van der Waals surface area contributed by atoms with Crippen molar-refractivity contribution in [3.63, 3.8) is 0 Å². The highest BCUT2D eigenvalue weighted by Crippen LogP contribution is 2.13. The van der Waals surface area contributed by atoms with Crippen molar-refractivity contribution in [1.29, 1.82) is 0 Å². The Balaban J connectivity index is 1.93. The van der Waals surface area contributed by atoms with Crippen molar-refractivity contribution in [2.75, 3.05) is 19.0 Å². The van der Waals surface area contributed by atoms with Gasteiger partial charge in [-0.15, -0.1) is 0 Å². The second-order valence-electron chi connectivity index (χ2n) is 5.32. The van der Waals surface area contributed by atoms with Crippen molar-refractivity contribution in [2.24, 2.45) is 5.73 Å². The Morgan fingerprint density at radius 1 is 1.33 bits per heavy atom. The van der Waals surface area contributed by atoms with Gasteiger partial charge >= 0.3 is 0 Å². The van der Waals surface area contributed by atoms with Crippen LogP contribution in [-0.2, 0) is 29.9 Å². The normalized spacial score (nSPS) is 17.7. The largest absolute Gasteiger partial charge is 0.371 e. The van der Waals surface area contributed by atoms with E-state index in [1.165, 1.54) is 12.1 Å². The number of rotatable bonds is 7. The molecule has 2 amide bonds. The SMILES string of the molecule is NC(=O)c1ccccc1CS(=O)(=O)C[CH]C(=O)NC1COCC1=O. The maximum Gasteiger partial charge on any atom is 0.249 e. The summed E-state index contributed by atoms with van der Waals surface area (Å²) in [7, 11) is -3.67. The van der Waals surface area contributed by atoms with E-state index in [0.717, 1.165) is 6.42 Å². The van der Waals surface area contributed by atoms with Gasteiger partial charge in [0, 0.05) is 5.56 Å². The van der Waals surface area contributed by atoms with E-state index >= 15 is 0 Å². The third kappa shape index (κ3) is 4.87. The van der Waals surface area contributed by atoms with Crippen LogP contribution in [0, 0.1) is 6.42 Å². The number of nitrogens with two attached hydrogens (primary N) is 1. The van der Waals surface area contributed by atoms with Crippen molar-refractivity contribution in [3.8, 4) is 0 Å². The molecular weight excluding hydrogens is 336 g/mol. The fraction of sp³-hybridized carbons (Fsp3) is 0.333. The molecule has 1 aromatic rings. The fourth-order valence-electron chi connectivity index (χ4n) is 2.21. The number of hydrogen-bond acceptors (Lipinski definition) is 6. The highest BCUT2D eigenvalue weighted by molar-refractivity contribution is 7.90. The summed E-state index contributed by atoms with van der Waals surface area (Å²) in [6.07, 6.45) is 0.952. The minimum absolute atomic E-state index is 0.0624. The molecule has 1 atom stereocenters. The van der Waals surface area contributed by atoms with Crippen LogP contribution in [0.3, 0.4) is 0 Å². The van der Waals surface area contributed by atoms with Crippen LogP contribution < -0.4 is 11.1 Å². The second kappa shape index (κ2) is 7.54. The highest BCUT2D eigenvalue weighted by Gasteiger charge is 2.27. The average molecular weight is 353 g/mol. The first-order valence-electron chi connectivity index (χ1n) is 7.11. The van der Waals surface area contributed by atoms with E-state index in [2.05, 4.69) is 5.32 Å². The van der Waals surface area contributed by atoms with Gasteiger partial charge < -0.3 is 15.8 Å². The first kappa shape index (κ1) is 18.1. The van der Waals surface area contributed by atoms with E-state index in [4.69, 9.17) is 10.5 Å². The summed E-state index contributed by atoms with van der Waals surface area (Å²) in [5.74, 6) is -2.57. The molecule has 0 saturated carbocycles.